The molecule has 0 radical (unpaired) electrons. The lowest BCUT2D eigenvalue weighted by Crippen LogP contribution is -2.55. The highest BCUT2D eigenvalue weighted by Gasteiger charge is 2.33. The van der Waals surface area contributed by atoms with Crippen molar-refractivity contribution in [2.24, 2.45) is 7.05 Å². The Morgan fingerprint density at radius 2 is 1.58 bits per heavy atom. The van der Waals surface area contributed by atoms with Gasteiger partial charge < -0.3 is 34.5 Å². The minimum Gasteiger partial charge on any atom is -0.488 e. The first-order valence-corrected chi connectivity index (χ1v) is 24.2. The van der Waals surface area contributed by atoms with Gasteiger partial charge in [0.1, 0.15) is 24.3 Å². The van der Waals surface area contributed by atoms with Crippen molar-refractivity contribution in [3.8, 4) is 28.0 Å². The van der Waals surface area contributed by atoms with Crippen LogP contribution in [0.3, 0.4) is 0 Å². The van der Waals surface area contributed by atoms with Gasteiger partial charge in [0, 0.05) is 92.9 Å². The van der Waals surface area contributed by atoms with Crippen LogP contribution in [0.15, 0.2) is 83.7 Å². The zero-order valence-electron chi connectivity index (χ0n) is 35.3. The molecule has 3 aliphatic rings. The molecule has 2 saturated heterocycles. The summed E-state index contributed by atoms with van der Waals surface area (Å²) in [4.78, 5) is 29.1. The second-order valence-corrected chi connectivity index (χ2v) is 21.4. The van der Waals surface area contributed by atoms with Crippen molar-refractivity contribution >= 4 is 63.3 Å². The molecule has 2 aliphatic heterocycles. The quantitative estimate of drug-likeness (QED) is 0.123. The number of anilines is 5. The molecule has 60 heavy (non-hydrogen) atoms. The van der Waals surface area contributed by atoms with Crippen LogP contribution < -0.4 is 25.6 Å². The molecule has 3 aromatic carbocycles. The molecule has 316 valence electrons. The van der Waals surface area contributed by atoms with E-state index in [0.717, 1.165) is 102 Å². The molecule has 0 atom stereocenters. The predicted molar refractivity (Wildman–Crippen MR) is 244 cm³/mol. The Hall–Kier alpha value is -4.91. The summed E-state index contributed by atoms with van der Waals surface area (Å²) in [5.41, 5.74) is 6.19. The topological polar surface area (TPSA) is 130 Å². The van der Waals surface area contributed by atoms with E-state index in [1.165, 1.54) is 0 Å². The van der Waals surface area contributed by atoms with Crippen LogP contribution in [0.2, 0.25) is 0 Å². The van der Waals surface area contributed by atoms with Crippen LogP contribution in [0.1, 0.15) is 46.5 Å². The van der Waals surface area contributed by atoms with Crippen LogP contribution in [0.5, 0.6) is 5.75 Å². The minimum absolute atomic E-state index is 0.159. The summed E-state index contributed by atoms with van der Waals surface area (Å²) in [6.45, 7) is 14.1. The fourth-order valence-electron chi connectivity index (χ4n) is 7.91. The Kier molecular flexibility index (Phi) is 12.0. The summed E-state index contributed by atoms with van der Waals surface area (Å²) in [5, 5.41) is 12.2. The van der Waals surface area contributed by atoms with E-state index in [0.29, 0.717) is 35.4 Å². The van der Waals surface area contributed by atoms with Crippen molar-refractivity contribution in [1.82, 2.24) is 29.5 Å². The van der Waals surface area contributed by atoms with E-state index in [9.17, 15) is 9.36 Å². The van der Waals surface area contributed by atoms with Gasteiger partial charge in [0.2, 0.25) is 5.95 Å². The molecule has 15 heteroatoms. The second kappa shape index (κ2) is 17.2. The molecule has 0 unspecified atom stereocenters. The van der Waals surface area contributed by atoms with Gasteiger partial charge in [0.15, 0.2) is 0 Å². The first-order valence-electron chi connectivity index (χ1n) is 20.8. The molecule has 5 aromatic rings. The number of piperazine rings is 1. The van der Waals surface area contributed by atoms with E-state index >= 15 is 0 Å². The number of nitrogens with one attached hydrogen (secondary N) is 2. The van der Waals surface area contributed by atoms with Crippen molar-refractivity contribution < 1.29 is 18.8 Å². The molecule has 13 nitrogen and oxygen atoms in total. The molecule has 0 spiro atoms. The van der Waals surface area contributed by atoms with E-state index in [1.807, 2.05) is 86.2 Å². The molecule has 3 fully saturated rings. The van der Waals surface area contributed by atoms with Gasteiger partial charge in [-0.1, -0.05) is 36.4 Å². The fourth-order valence-corrected chi connectivity index (χ4v) is 9.36. The van der Waals surface area contributed by atoms with Gasteiger partial charge in [0.25, 0.3) is 0 Å². The maximum Gasteiger partial charge on any atom is 0.410 e. The highest BCUT2D eigenvalue weighted by Crippen LogP contribution is 2.44. The first-order chi connectivity index (χ1) is 28.7. The number of rotatable bonds is 11. The molecule has 0 bridgehead atoms. The van der Waals surface area contributed by atoms with Crippen molar-refractivity contribution in [2.45, 2.75) is 64.2 Å². The zero-order chi connectivity index (χ0) is 42.2. The number of amides is 1. The van der Waals surface area contributed by atoms with Gasteiger partial charge in [-0.3, -0.25) is 9.58 Å². The van der Waals surface area contributed by atoms with Crippen LogP contribution in [-0.2, 0) is 16.3 Å². The zero-order valence-corrected chi connectivity index (χ0v) is 37.8. The van der Waals surface area contributed by atoms with Gasteiger partial charge in [-0.15, -0.1) is 0 Å². The lowest BCUT2D eigenvalue weighted by molar-refractivity contribution is 0.00901. The average molecular weight is 897 g/mol. The first kappa shape index (κ1) is 41.8. The number of benzene rings is 3. The number of aryl methyl sites for hydroxylation is 1. The third-order valence-corrected chi connectivity index (χ3v) is 13.3. The Morgan fingerprint density at radius 1 is 0.850 bits per heavy atom. The van der Waals surface area contributed by atoms with Crippen molar-refractivity contribution in [3.05, 3.63) is 83.7 Å². The summed E-state index contributed by atoms with van der Waals surface area (Å²) in [5.74, 6) is 1.67. The number of piperidine rings is 1. The lowest BCUT2D eigenvalue weighted by Gasteiger charge is -2.43. The third-order valence-electron chi connectivity index (χ3n) is 11.1. The molecule has 1 amide bonds. The van der Waals surface area contributed by atoms with Gasteiger partial charge in [-0.25, -0.2) is 9.78 Å². The van der Waals surface area contributed by atoms with Gasteiger partial charge >= 0.3 is 6.09 Å². The molecule has 1 saturated carbocycles. The van der Waals surface area contributed by atoms with Gasteiger partial charge in [-0.05, 0) is 105 Å². The van der Waals surface area contributed by atoms with Crippen LogP contribution in [0, 0.1) is 0 Å². The van der Waals surface area contributed by atoms with Crippen LogP contribution >= 0.6 is 23.1 Å². The monoisotopic (exact) mass is 895 g/mol. The highest BCUT2D eigenvalue weighted by atomic mass is 79.9. The maximum absolute atomic E-state index is 13.6. The third kappa shape index (κ3) is 9.99. The number of aromatic nitrogens is 4. The summed E-state index contributed by atoms with van der Waals surface area (Å²) in [7, 11) is -0.760. The number of carbonyl (C=O) groups is 1. The molecule has 8 rings (SSSR count). The van der Waals surface area contributed by atoms with E-state index in [-0.39, 0.29) is 12.2 Å². The van der Waals surface area contributed by atoms with E-state index in [2.05, 4.69) is 70.7 Å². The van der Waals surface area contributed by atoms with Gasteiger partial charge in [0.05, 0.1) is 28.1 Å². The largest absolute Gasteiger partial charge is 0.488 e. The van der Waals surface area contributed by atoms with Crippen LogP contribution in [0.4, 0.5) is 33.6 Å². The predicted octanol–water partition coefficient (Wildman–Crippen LogP) is 9.10. The Bertz CT molecular complexity index is 2380. The van der Waals surface area contributed by atoms with Crippen LogP contribution in [0.25, 0.3) is 22.3 Å². The van der Waals surface area contributed by atoms with Crippen LogP contribution in [-0.4, -0.2) is 106 Å². The van der Waals surface area contributed by atoms with Crippen molar-refractivity contribution in [3.63, 3.8) is 0 Å². The Morgan fingerprint density at radius 3 is 2.23 bits per heavy atom. The molecule has 2 aromatic heterocycles. The molecule has 2 N–H and O–H groups in total. The summed E-state index contributed by atoms with van der Waals surface area (Å²) >= 11 is 3.65. The standard InChI is InChI=1S/C45H55BrN9O4P/c1-45(2,3)59-44(56)55-22-20-53(21-23-55)33-16-18-54(19-17-33)39-26-40(58-34-13-14-34)38(25-35(39)32-27-48-52(4)29-32)50-43-47-28-36(46)42(51-43)49-37-15-12-31(24-41(37)60(5,6)57)30-10-8-7-9-11-30/h7-12,15,24-29,33-34H,13-14,16-23H2,1-6H3,(H2,47,49,50,51). The lowest BCUT2D eigenvalue weighted by atomic mass is 9.98. The van der Waals surface area contributed by atoms with E-state index < -0.39 is 12.7 Å². The summed E-state index contributed by atoms with van der Waals surface area (Å²) in [6, 6.07) is 20.9. The van der Waals surface area contributed by atoms with E-state index in [1.54, 1.807) is 19.5 Å². The number of ether oxygens (including phenoxy) is 2. The average Bonchev–Trinajstić information content (AvgIpc) is 3.94. The number of nitrogens with zero attached hydrogens (tertiary/aromatic N) is 7. The molecule has 4 heterocycles. The number of halogens is 1. The normalized spacial score (nSPS) is 16.8. The minimum atomic E-state index is -2.69. The smallest absolute Gasteiger partial charge is 0.410 e. The Labute approximate surface area is 361 Å². The maximum atomic E-state index is 13.6. The SMILES string of the molecule is Cn1cc(-c2cc(Nc3ncc(Br)c(Nc4ccc(-c5ccccc5)cc4P(C)(C)=O)n3)c(OC3CC3)cc2N2CCC(N3CCN(C(=O)OC(C)(C)C)CC3)CC2)cn1. The molecular weight excluding hydrogens is 841 g/mol. The fraction of sp³-hybridized carbons (Fsp3) is 0.422. The number of carbonyl (C=O) groups excluding carboxylic acids is 1. The van der Waals surface area contributed by atoms with Crippen molar-refractivity contribution in [2.75, 3.05) is 68.1 Å². The summed E-state index contributed by atoms with van der Waals surface area (Å²) < 4.78 is 28.4. The van der Waals surface area contributed by atoms with Crippen molar-refractivity contribution in [1.29, 1.82) is 0 Å². The Balaban J connectivity index is 1.03. The van der Waals surface area contributed by atoms with E-state index in [4.69, 9.17) is 14.5 Å². The molecule has 1 aliphatic carbocycles. The number of hydrogen-bond donors (Lipinski definition) is 2. The molecular formula is C45H55BrN9O4P. The van der Waals surface area contributed by atoms with Gasteiger partial charge in [-0.2, -0.15) is 10.1 Å². The highest BCUT2D eigenvalue weighted by molar-refractivity contribution is 9.10. The summed E-state index contributed by atoms with van der Waals surface area (Å²) in [6.07, 6.45) is 9.65. The number of hydrogen-bond acceptors (Lipinski definition) is 11. The second-order valence-electron chi connectivity index (χ2n) is 17.4.